The number of hydrogen-bond acceptors (Lipinski definition) is 4. The van der Waals surface area contributed by atoms with Gasteiger partial charge in [0, 0.05) is 18.7 Å². The minimum Gasteiger partial charge on any atom is -0.380 e. The van der Waals surface area contributed by atoms with Crippen LogP contribution in [0.4, 0.5) is 5.69 Å². The molecular weight excluding hydrogens is 312 g/mol. The van der Waals surface area contributed by atoms with Crippen molar-refractivity contribution in [3.05, 3.63) is 17.5 Å². The molecule has 3 heterocycles. The fraction of sp³-hybridized carbons (Fsp3) is 0.647. The first-order valence-electron chi connectivity index (χ1n) is 8.72. The van der Waals surface area contributed by atoms with E-state index >= 15 is 0 Å². The van der Waals surface area contributed by atoms with Gasteiger partial charge in [0.25, 0.3) is 0 Å². The van der Waals surface area contributed by atoms with Crippen molar-refractivity contribution in [2.45, 2.75) is 63.6 Å². The minimum atomic E-state index is 0.0299. The largest absolute Gasteiger partial charge is 0.380 e. The number of nitrogens with one attached hydrogen (secondary N) is 1. The number of rotatable bonds is 3. The van der Waals surface area contributed by atoms with Gasteiger partial charge in [0.2, 0.25) is 0 Å². The van der Waals surface area contributed by atoms with Crippen molar-refractivity contribution in [1.82, 2.24) is 14.5 Å². The Kier molecular flexibility index (Phi) is 4.40. The maximum Gasteiger partial charge on any atom is 0.165 e. The van der Waals surface area contributed by atoms with Crippen LogP contribution in [-0.2, 0) is 4.74 Å². The van der Waals surface area contributed by atoms with E-state index in [0.717, 1.165) is 36.3 Å². The number of aromatic nitrogens is 3. The van der Waals surface area contributed by atoms with Gasteiger partial charge in [-0.25, -0.2) is 9.97 Å². The summed E-state index contributed by atoms with van der Waals surface area (Å²) < 4.78 is 7.91. The van der Waals surface area contributed by atoms with Crippen LogP contribution < -0.4 is 5.32 Å². The Morgan fingerprint density at radius 1 is 1.13 bits per heavy atom. The number of imidazole rings is 1. The van der Waals surface area contributed by atoms with E-state index in [-0.39, 0.29) is 6.23 Å². The lowest BCUT2D eigenvalue weighted by Gasteiger charge is -2.25. The van der Waals surface area contributed by atoms with Crippen molar-refractivity contribution in [2.75, 3.05) is 11.9 Å². The number of fused-ring (bicyclic) bond motifs is 1. The molecule has 23 heavy (non-hydrogen) atoms. The minimum absolute atomic E-state index is 0.0299. The summed E-state index contributed by atoms with van der Waals surface area (Å²) in [6, 6.07) is 2.42. The predicted molar refractivity (Wildman–Crippen MR) is 91.9 cm³/mol. The molecule has 1 unspecified atom stereocenters. The van der Waals surface area contributed by atoms with E-state index in [0.29, 0.717) is 11.2 Å². The molecule has 0 aromatic carbocycles. The normalized spacial score (nSPS) is 23.3. The lowest BCUT2D eigenvalue weighted by molar-refractivity contribution is -0.0298. The van der Waals surface area contributed by atoms with Crippen LogP contribution in [0.3, 0.4) is 0 Å². The van der Waals surface area contributed by atoms with Crippen LogP contribution >= 0.6 is 11.6 Å². The van der Waals surface area contributed by atoms with Gasteiger partial charge >= 0.3 is 0 Å². The lowest BCUT2D eigenvalue weighted by atomic mass is 9.95. The summed E-state index contributed by atoms with van der Waals surface area (Å²) in [6.45, 7) is 0.804. The van der Waals surface area contributed by atoms with Gasteiger partial charge in [-0.2, -0.15) is 0 Å². The quantitative estimate of drug-likeness (QED) is 0.838. The van der Waals surface area contributed by atoms with Gasteiger partial charge in [0.15, 0.2) is 5.65 Å². The molecule has 2 aromatic rings. The predicted octanol–water partition coefficient (Wildman–Crippen LogP) is 4.53. The summed E-state index contributed by atoms with van der Waals surface area (Å²) in [6.07, 6.45) is 11.6. The van der Waals surface area contributed by atoms with Crippen molar-refractivity contribution >= 4 is 28.5 Å². The maximum atomic E-state index is 6.28. The highest BCUT2D eigenvalue weighted by Gasteiger charge is 2.21. The Balaban J connectivity index is 1.66. The third-order valence-electron chi connectivity index (χ3n) is 4.93. The van der Waals surface area contributed by atoms with Gasteiger partial charge < -0.3 is 10.1 Å². The smallest absolute Gasteiger partial charge is 0.165 e. The molecule has 4 rings (SSSR count). The highest BCUT2D eigenvalue weighted by Crippen LogP contribution is 2.31. The highest BCUT2D eigenvalue weighted by molar-refractivity contribution is 6.30. The summed E-state index contributed by atoms with van der Waals surface area (Å²) >= 11 is 6.28. The van der Waals surface area contributed by atoms with Crippen LogP contribution in [0.5, 0.6) is 0 Å². The van der Waals surface area contributed by atoms with E-state index in [1.54, 1.807) is 0 Å². The number of hydrogen-bond donors (Lipinski definition) is 1. The van der Waals surface area contributed by atoms with Gasteiger partial charge in [-0.15, -0.1) is 0 Å². The SMILES string of the molecule is Clc1cc(NC2CCCCC2)c2ncn(C3CCCCO3)c2n1. The number of nitrogens with zero attached hydrogens (tertiary/aromatic N) is 3. The summed E-state index contributed by atoms with van der Waals surface area (Å²) in [5.74, 6) is 0. The zero-order valence-corrected chi connectivity index (χ0v) is 14.1. The van der Waals surface area contributed by atoms with Gasteiger partial charge in [0.1, 0.15) is 16.9 Å². The summed E-state index contributed by atoms with van der Waals surface area (Å²) in [7, 11) is 0. The monoisotopic (exact) mass is 334 g/mol. The van der Waals surface area contributed by atoms with Crippen molar-refractivity contribution in [3.63, 3.8) is 0 Å². The zero-order chi connectivity index (χ0) is 15.6. The third kappa shape index (κ3) is 3.17. The first kappa shape index (κ1) is 15.2. The van der Waals surface area contributed by atoms with E-state index in [4.69, 9.17) is 16.3 Å². The first-order chi connectivity index (χ1) is 11.3. The molecule has 1 N–H and O–H groups in total. The molecule has 0 amide bonds. The summed E-state index contributed by atoms with van der Waals surface area (Å²) in [5, 5.41) is 4.15. The highest BCUT2D eigenvalue weighted by atomic mass is 35.5. The fourth-order valence-electron chi connectivity index (χ4n) is 3.71. The number of ether oxygens (including phenoxy) is 1. The van der Waals surface area contributed by atoms with Gasteiger partial charge in [-0.1, -0.05) is 30.9 Å². The van der Waals surface area contributed by atoms with Gasteiger partial charge in [0.05, 0.1) is 12.0 Å². The van der Waals surface area contributed by atoms with E-state index in [1.807, 2.05) is 17.0 Å². The molecular formula is C17H23ClN4O. The molecule has 2 aromatic heterocycles. The molecule has 1 aliphatic heterocycles. The van der Waals surface area contributed by atoms with Gasteiger partial charge in [-0.05, 0) is 32.1 Å². The molecule has 1 atom stereocenters. The first-order valence-corrected chi connectivity index (χ1v) is 9.10. The second-order valence-electron chi connectivity index (χ2n) is 6.62. The number of anilines is 1. The maximum absolute atomic E-state index is 6.28. The van der Waals surface area contributed by atoms with Crippen LogP contribution in [0.25, 0.3) is 11.2 Å². The zero-order valence-electron chi connectivity index (χ0n) is 13.3. The molecule has 0 spiro atoms. The standard InChI is InChI=1S/C17H23ClN4O/c18-14-10-13(20-12-6-2-1-3-7-12)16-17(21-14)22(11-19-16)15-8-4-5-9-23-15/h10-12,15H,1-9H2,(H,20,21). The number of halogens is 1. The molecule has 5 nitrogen and oxygen atoms in total. The molecule has 6 heteroatoms. The average molecular weight is 335 g/mol. The Labute approximate surface area is 141 Å². The Hall–Kier alpha value is -1.33. The Morgan fingerprint density at radius 3 is 2.74 bits per heavy atom. The molecule has 124 valence electrons. The average Bonchev–Trinajstić information content (AvgIpc) is 3.00. The van der Waals surface area contributed by atoms with Crippen LogP contribution in [0.2, 0.25) is 5.15 Å². The molecule has 1 aliphatic carbocycles. The van der Waals surface area contributed by atoms with Crippen molar-refractivity contribution < 1.29 is 4.74 Å². The van der Waals surface area contributed by atoms with E-state index < -0.39 is 0 Å². The second kappa shape index (κ2) is 6.65. The van der Waals surface area contributed by atoms with Crippen molar-refractivity contribution in [3.8, 4) is 0 Å². The molecule has 0 bridgehead atoms. The van der Waals surface area contributed by atoms with E-state index in [2.05, 4.69) is 15.3 Å². The number of pyridine rings is 1. The Bertz CT molecular complexity index is 675. The van der Waals surface area contributed by atoms with E-state index in [9.17, 15) is 0 Å². The van der Waals surface area contributed by atoms with Gasteiger partial charge in [-0.3, -0.25) is 4.57 Å². The third-order valence-corrected chi connectivity index (χ3v) is 5.12. The molecule has 2 aliphatic rings. The van der Waals surface area contributed by atoms with Crippen LogP contribution in [-0.4, -0.2) is 27.2 Å². The fourth-order valence-corrected chi connectivity index (χ4v) is 3.90. The van der Waals surface area contributed by atoms with Crippen molar-refractivity contribution in [2.24, 2.45) is 0 Å². The Morgan fingerprint density at radius 2 is 1.96 bits per heavy atom. The second-order valence-corrected chi connectivity index (χ2v) is 7.00. The molecule has 1 saturated carbocycles. The summed E-state index contributed by atoms with van der Waals surface area (Å²) in [4.78, 5) is 9.11. The van der Waals surface area contributed by atoms with Crippen LogP contribution in [0.15, 0.2) is 12.4 Å². The van der Waals surface area contributed by atoms with Crippen LogP contribution in [0.1, 0.15) is 57.6 Å². The topological polar surface area (TPSA) is 52.0 Å². The summed E-state index contributed by atoms with van der Waals surface area (Å²) in [5.41, 5.74) is 2.72. The van der Waals surface area contributed by atoms with E-state index in [1.165, 1.54) is 38.5 Å². The molecule has 0 radical (unpaired) electrons. The molecule has 2 fully saturated rings. The van der Waals surface area contributed by atoms with Crippen molar-refractivity contribution in [1.29, 1.82) is 0 Å². The molecule has 1 saturated heterocycles. The van der Waals surface area contributed by atoms with Crippen LogP contribution in [0, 0.1) is 0 Å². The lowest BCUT2D eigenvalue weighted by Crippen LogP contribution is -2.22.